The number of carbonyl (C=O) groups excluding carboxylic acids is 1. The van der Waals surface area contributed by atoms with Gasteiger partial charge in [-0.1, -0.05) is 52.8 Å². The molecule has 24 heavy (non-hydrogen) atoms. The summed E-state index contributed by atoms with van der Waals surface area (Å²) in [6.45, 7) is 3.94. The molecule has 6 heteroatoms. The minimum atomic E-state index is -0.222. The van der Waals surface area contributed by atoms with Crippen LogP contribution in [0.4, 0.5) is 16.5 Å². The van der Waals surface area contributed by atoms with E-state index in [1.165, 1.54) is 16.9 Å². The molecule has 0 bridgehead atoms. The molecule has 3 aromatic rings. The van der Waals surface area contributed by atoms with E-state index in [1.807, 2.05) is 50.2 Å². The molecular weight excluding hydrogens is 342 g/mol. The van der Waals surface area contributed by atoms with Gasteiger partial charge in [0, 0.05) is 5.69 Å². The van der Waals surface area contributed by atoms with E-state index in [9.17, 15) is 4.79 Å². The Bertz CT molecular complexity index is 854. The molecule has 0 saturated carbocycles. The molecule has 3 rings (SSSR count). The van der Waals surface area contributed by atoms with Crippen LogP contribution in [-0.4, -0.2) is 10.9 Å². The lowest BCUT2D eigenvalue weighted by Gasteiger charge is -2.08. The number of rotatable bonds is 4. The highest BCUT2D eigenvalue weighted by atomic mass is 35.5. The number of amides is 1. The quantitative estimate of drug-likeness (QED) is 0.656. The summed E-state index contributed by atoms with van der Waals surface area (Å²) in [6, 6.07) is 13.5. The lowest BCUT2D eigenvalue weighted by atomic mass is 10.2. The molecule has 0 atom stereocenters. The zero-order valence-electron chi connectivity index (χ0n) is 13.3. The van der Waals surface area contributed by atoms with Crippen LogP contribution in [0.25, 0.3) is 0 Å². The number of nitrogens with one attached hydrogen (secondary N) is 2. The maximum atomic E-state index is 12.4. The molecule has 0 aliphatic rings. The van der Waals surface area contributed by atoms with Crippen LogP contribution in [0, 0.1) is 13.8 Å². The molecule has 2 aromatic carbocycles. The zero-order valence-corrected chi connectivity index (χ0v) is 14.8. The monoisotopic (exact) mass is 357 g/mol. The van der Waals surface area contributed by atoms with Crippen molar-refractivity contribution in [3.8, 4) is 0 Å². The largest absolute Gasteiger partial charge is 0.332 e. The van der Waals surface area contributed by atoms with Crippen LogP contribution in [-0.2, 0) is 0 Å². The summed E-state index contributed by atoms with van der Waals surface area (Å²) in [5.41, 5.74) is 3.67. The summed E-state index contributed by atoms with van der Waals surface area (Å²) in [5, 5.41) is 7.23. The van der Waals surface area contributed by atoms with Crippen molar-refractivity contribution in [2.75, 3.05) is 10.6 Å². The average molecular weight is 358 g/mol. The minimum Gasteiger partial charge on any atom is -0.332 e. The summed E-state index contributed by atoms with van der Waals surface area (Å²) in [7, 11) is 0. The van der Waals surface area contributed by atoms with E-state index in [-0.39, 0.29) is 5.91 Å². The first-order valence-electron chi connectivity index (χ1n) is 7.39. The summed E-state index contributed by atoms with van der Waals surface area (Å²) >= 11 is 7.44. The standard InChI is InChI=1S/C18H16ClN3OS/c1-11-6-8-13(9-7-11)21-18-20-10-15(24-18)17(23)22-16-12(2)4-3-5-14(16)19/h3-10H,1-2H3,(H,20,21)(H,22,23). The summed E-state index contributed by atoms with van der Waals surface area (Å²) in [4.78, 5) is 17.2. The second-order valence-electron chi connectivity index (χ2n) is 5.41. The van der Waals surface area contributed by atoms with Crippen LogP contribution >= 0.6 is 22.9 Å². The van der Waals surface area contributed by atoms with Crippen molar-refractivity contribution in [1.82, 2.24) is 4.98 Å². The van der Waals surface area contributed by atoms with Gasteiger partial charge in [0.15, 0.2) is 5.13 Å². The number of halogens is 1. The normalized spacial score (nSPS) is 10.5. The molecule has 4 nitrogen and oxygen atoms in total. The van der Waals surface area contributed by atoms with Crippen molar-refractivity contribution in [1.29, 1.82) is 0 Å². The Labute approximate surface area is 149 Å². The molecule has 0 radical (unpaired) electrons. The fourth-order valence-corrected chi connectivity index (χ4v) is 3.16. The van der Waals surface area contributed by atoms with Gasteiger partial charge in [-0.2, -0.15) is 0 Å². The smallest absolute Gasteiger partial charge is 0.267 e. The van der Waals surface area contributed by atoms with Crippen molar-refractivity contribution in [2.24, 2.45) is 0 Å². The Balaban J connectivity index is 1.73. The average Bonchev–Trinajstić information content (AvgIpc) is 3.02. The Morgan fingerprint density at radius 2 is 1.88 bits per heavy atom. The molecule has 122 valence electrons. The number of aromatic nitrogens is 1. The van der Waals surface area contributed by atoms with Crippen molar-refractivity contribution < 1.29 is 4.79 Å². The van der Waals surface area contributed by atoms with Crippen molar-refractivity contribution in [3.63, 3.8) is 0 Å². The lowest BCUT2D eigenvalue weighted by molar-refractivity contribution is 0.103. The predicted molar refractivity (Wildman–Crippen MR) is 101 cm³/mol. The molecule has 0 aliphatic heterocycles. The predicted octanol–water partition coefficient (Wildman–Crippen LogP) is 5.41. The first kappa shape index (κ1) is 16.5. The Kier molecular flexibility index (Phi) is 4.83. The Morgan fingerprint density at radius 1 is 1.12 bits per heavy atom. The summed E-state index contributed by atoms with van der Waals surface area (Å²) in [6.07, 6.45) is 1.56. The van der Waals surface area contributed by atoms with Crippen molar-refractivity contribution >= 4 is 45.4 Å². The van der Waals surface area contributed by atoms with Gasteiger partial charge in [0.1, 0.15) is 4.88 Å². The van der Waals surface area contributed by atoms with Crippen LogP contribution in [0.3, 0.4) is 0 Å². The number of aryl methyl sites for hydroxylation is 2. The molecule has 0 aliphatic carbocycles. The third-order valence-electron chi connectivity index (χ3n) is 3.49. The van der Waals surface area contributed by atoms with Gasteiger partial charge in [-0.3, -0.25) is 4.79 Å². The van der Waals surface area contributed by atoms with Gasteiger partial charge in [0.25, 0.3) is 5.91 Å². The van der Waals surface area contributed by atoms with Crippen LogP contribution < -0.4 is 10.6 Å². The lowest BCUT2D eigenvalue weighted by Crippen LogP contribution is -2.11. The van der Waals surface area contributed by atoms with Crippen LogP contribution in [0.2, 0.25) is 5.02 Å². The highest BCUT2D eigenvalue weighted by Crippen LogP contribution is 2.28. The van der Waals surface area contributed by atoms with E-state index in [0.29, 0.717) is 20.7 Å². The number of para-hydroxylation sites is 1. The van der Waals surface area contributed by atoms with Crippen molar-refractivity contribution in [3.05, 3.63) is 69.7 Å². The van der Waals surface area contributed by atoms with Gasteiger partial charge < -0.3 is 10.6 Å². The number of anilines is 3. The van der Waals surface area contributed by atoms with Gasteiger partial charge in [-0.25, -0.2) is 4.98 Å². The van der Waals surface area contributed by atoms with Crippen LogP contribution in [0.1, 0.15) is 20.8 Å². The molecule has 2 N–H and O–H groups in total. The molecular formula is C18H16ClN3OS. The molecule has 1 amide bonds. The minimum absolute atomic E-state index is 0.222. The zero-order chi connectivity index (χ0) is 17.1. The van der Waals surface area contributed by atoms with Gasteiger partial charge in [-0.05, 0) is 37.6 Å². The van der Waals surface area contributed by atoms with Crippen LogP contribution in [0.5, 0.6) is 0 Å². The Hall–Kier alpha value is -2.37. The summed E-state index contributed by atoms with van der Waals surface area (Å²) in [5.74, 6) is -0.222. The van der Waals surface area contributed by atoms with E-state index in [4.69, 9.17) is 11.6 Å². The highest BCUT2D eigenvalue weighted by Gasteiger charge is 2.13. The number of hydrogen-bond donors (Lipinski definition) is 2. The van der Waals surface area contributed by atoms with E-state index < -0.39 is 0 Å². The topological polar surface area (TPSA) is 54.0 Å². The fourth-order valence-electron chi connectivity index (χ4n) is 2.16. The second kappa shape index (κ2) is 7.03. The van der Waals surface area contributed by atoms with Gasteiger partial charge in [-0.15, -0.1) is 0 Å². The molecule has 1 heterocycles. The highest BCUT2D eigenvalue weighted by molar-refractivity contribution is 7.17. The summed E-state index contributed by atoms with van der Waals surface area (Å²) < 4.78 is 0. The Morgan fingerprint density at radius 3 is 2.58 bits per heavy atom. The third kappa shape index (κ3) is 3.75. The molecule has 0 saturated heterocycles. The van der Waals surface area contributed by atoms with E-state index >= 15 is 0 Å². The number of thiazole rings is 1. The SMILES string of the molecule is Cc1ccc(Nc2ncc(C(=O)Nc3c(C)cccc3Cl)s2)cc1. The number of carbonyl (C=O) groups is 1. The molecule has 0 fully saturated rings. The molecule has 0 spiro atoms. The van der Waals surface area contributed by atoms with Crippen molar-refractivity contribution in [2.45, 2.75) is 13.8 Å². The fraction of sp³-hybridized carbons (Fsp3) is 0.111. The first-order chi connectivity index (χ1) is 11.5. The third-order valence-corrected chi connectivity index (χ3v) is 4.72. The maximum absolute atomic E-state index is 12.4. The number of benzene rings is 2. The van der Waals surface area contributed by atoms with Gasteiger partial charge in [0.05, 0.1) is 16.9 Å². The second-order valence-corrected chi connectivity index (χ2v) is 6.84. The van der Waals surface area contributed by atoms with Crippen LogP contribution in [0.15, 0.2) is 48.7 Å². The van der Waals surface area contributed by atoms with E-state index in [1.54, 1.807) is 12.3 Å². The van der Waals surface area contributed by atoms with Gasteiger partial charge in [0.2, 0.25) is 0 Å². The first-order valence-corrected chi connectivity index (χ1v) is 8.58. The molecule has 1 aromatic heterocycles. The van der Waals surface area contributed by atoms with Gasteiger partial charge >= 0.3 is 0 Å². The number of hydrogen-bond acceptors (Lipinski definition) is 4. The number of nitrogens with zero attached hydrogens (tertiary/aromatic N) is 1. The van der Waals surface area contributed by atoms with E-state index in [2.05, 4.69) is 15.6 Å². The maximum Gasteiger partial charge on any atom is 0.267 e. The molecule has 0 unspecified atom stereocenters. The van der Waals surface area contributed by atoms with E-state index in [0.717, 1.165) is 11.3 Å².